The fourth-order valence-corrected chi connectivity index (χ4v) is 3.10. The van der Waals surface area contributed by atoms with Crippen molar-refractivity contribution in [1.29, 1.82) is 0 Å². The van der Waals surface area contributed by atoms with E-state index in [-0.39, 0.29) is 12.3 Å². The Hall–Kier alpha value is -2.77. The van der Waals surface area contributed by atoms with Crippen molar-refractivity contribution < 1.29 is 24.2 Å². The summed E-state index contributed by atoms with van der Waals surface area (Å²) in [5.41, 5.74) is -1.71. The van der Waals surface area contributed by atoms with Gasteiger partial charge in [-0.15, -0.1) is 0 Å². The van der Waals surface area contributed by atoms with Crippen LogP contribution in [0.4, 0.5) is 4.79 Å². The Morgan fingerprint density at radius 1 is 1.03 bits per heavy atom. The smallest absolute Gasteiger partial charge is 0.408 e. The number of ether oxygens (including phenoxy) is 1. The van der Waals surface area contributed by atoms with Gasteiger partial charge in [-0.3, -0.25) is 9.59 Å². The summed E-state index contributed by atoms with van der Waals surface area (Å²) in [7, 11) is 0. The summed E-state index contributed by atoms with van der Waals surface area (Å²) in [6.07, 6.45) is -0.184. The lowest BCUT2D eigenvalue weighted by atomic mass is 9.92. The molecule has 0 bridgehead atoms. The van der Waals surface area contributed by atoms with Gasteiger partial charge in [-0.2, -0.15) is 0 Å². The zero-order chi connectivity index (χ0) is 24.9. The van der Waals surface area contributed by atoms with Gasteiger partial charge in [-0.1, -0.05) is 25.1 Å². The molecule has 0 saturated heterocycles. The molecular weight excluding hydrogens is 410 g/mol. The molecule has 1 aromatic carbocycles. The molecule has 0 aliphatic rings. The number of nitrogens with one attached hydrogen (secondary N) is 2. The average Bonchev–Trinajstić information content (AvgIpc) is 2.62. The molecule has 1 aromatic rings. The molecule has 0 aliphatic heterocycles. The number of para-hydroxylation sites is 1. The molecule has 3 amide bonds. The van der Waals surface area contributed by atoms with E-state index in [4.69, 9.17) is 4.74 Å². The highest BCUT2D eigenvalue weighted by Crippen LogP contribution is 2.35. The number of nitrogens with zero attached hydrogens (tertiary/aromatic N) is 1. The molecule has 1 rings (SSSR count). The van der Waals surface area contributed by atoms with Crippen LogP contribution in [0.5, 0.6) is 5.75 Å². The Morgan fingerprint density at radius 2 is 1.59 bits per heavy atom. The van der Waals surface area contributed by atoms with E-state index in [9.17, 15) is 19.5 Å². The van der Waals surface area contributed by atoms with Crippen LogP contribution in [0, 0.1) is 0 Å². The molecule has 0 heterocycles. The van der Waals surface area contributed by atoms with E-state index in [2.05, 4.69) is 10.6 Å². The van der Waals surface area contributed by atoms with Crippen LogP contribution in [-0.4, -0.2) is 51.1 Å². The van der Waals surface area contributed by atoms with E-state index in [0.717, 1.165) is 0 Å². The van der Waals surface area contributed by atoms with Crippen molar-refractivity contribution >= 4 is 17.9 Å². The number of rotatable bonds is 7. The van der Waals surface area contributed by atoms with Gasteiger partial charge in [0.2, 0.25) is 11.8 Å². The Balaban J connectivity index is 3.41. The number of carbonyl (C=O) groups excluding carboxylic acids is 3. The van der Waals surface area contributed by atoms with E-state index >= 15 is 0 Å². The van der Waals surface area contributed by atoms with Crippen molar-refractivity contribution in [3.63, 3.8) is 0 Å². The highest BCUT2D eigenvalue weighted by molar-refractivity contribution is 5.91. The second-order valence-corrected chi connectivity index (χ2v) is 10.5. The molecule has 1 atom stereocenters. The van der Waals surface area contributed by atoms with Crippen molar-refractivity contribution in [2.75, 3.05) is 6.54 Å². The normalized spacial score (nSPS) is 13.2. The Morgan fingerprint density at radius 3 is 2.06 bits per heavy atom. The first kappa shape index (κ1) is 27.3. The zero-order valence-electron chi connectivity index (χ0n) is 20.8. The highest BCUT2D eigenvalue weighted by Gasteiger charge is 2.41. The monoisotopic (exact) mass is 449 g/mol. The maximum Gasteiger partial charge on any atom is 0.408 e. The minimum absolute atomic E-state index is 0.0913. The quantitative estimate of drug-likeness (QED) is 0.585. The van der Waals surface area contributed by atoms with Gasteiger partial charge >= 0.3 is 6.09 Å². The molecule has 180 valence electrons. The molecule has 0 radical (unpaired) electrons. The Labute approximate surface area is 191 Å². The summed E-state index contributed by atoms with van der Waals surface area (Å²) in [5.74, 6) is -0.988. The number of hydrogen-bond acceptors (Lipinski definition) is 5. The third-order valence-electron chi connectivity index (χ3n) is 4.80. The van der Waals surface area contributed by atoms with Crippen LogP contribution in [0.3, 0.4) is 0 Å². The lowest BCUT2D eigenvalue weighted by Gasteiger charge is -2.43. The fraction of sp³-hybridized carbons (Fsp3) is 0.625. The minimum Gasteiger partial charge on any atom is -0.508 e. The number of carbonyl (C=O) groups is 3. The van der Waals surface area contributed by atoms with Crippen molar-refractivity contribution in [2.45, 2.75) is 91.5 Å². The molecule has 0 saturated carbocycles. The predicted molar refractivity (Wildman–Crippen MR) is 124 cm³/mol. The minimum atomic E-state index is -1.10. The third-order valence-corrected chi connectivity index (χ3v) is 4.80. The van der Waals surface area contributed by atoms with Crippen LogP contribution < -0.4 is 10.6 Å². The molecule has 0 fully saturated rings. The molecule has 3 N–H and O–H groups in total. The van der Waals surface area contributed by atoms with Gasteiger partial charge in [0.05, 0.1) is 0 Å². The van der Waals surface area contributed by atoms with Crippen LogP contribution in [0.1, 0.15) is 80.3 Å². The first-order valence-electron chi connectivity index (χ1n) is 10.9. The number of alkyl carbamates (subject to hydrolysis) is 1. The largest absolute Gasteiger partial charge is 0.508 e. The molecule has 8 nitrogen and oxygen atoms in total. The van der Waals surface area contributed by atoms with E-state index in [1.165, 1.54) is 11.0 Å². The Kier molecular flexibility index (Phi) is 8.72. The van der Waals surface area contributed by atoms with Gasteiger partial charge in [0.15, 0.2) is 0 Å². The summed E-state index contributed by atoms with van der Waals surface area (Å²) >= 11 is 0. The van der Waals surface area contributed by atoms with E-state index in [1.54, 1.807) is 39.0 Å². The summed E-state index contributed by atoms with van der Waals surface area (Å²) in [6.45, 7) is 15.9. The summed E-state index contributed by atoms with van der Waals surface area (Å²) in [6, 6.07) is 5.35. The SMILES string of the molecule is CCC(C)(C)N(C(=O)CNC(=O)OC(C)(C)C)C(C(=O)NC(C)(C)C)c1ccccc1O. The average molecular weight is 450 g/mol. The van der Waals surface area contributed by atoms with E-state index in [1.807, 2.05) is 41.5 Å². The van der Waals surface area contributed by atoms with Gasteiger partial charge in [0, 0.05) is 16.6 Å². The zero-order valence-corrected chi connectivity index (χ0v) is 20.8. The number of hydrogen-bond donors (Lipinski definition) is 3. The molecular formula is C24H39N3O5. The van der Waals surface area contributed by atoms with Crippen LogP contribution in [-0.2, 0) is 14.3 Å². The molecule has 0 spiro atoms. The lowest BCUT2D eigenvalue weighted by Crippen LogP contribution is -2.57. The van der Waals surface area contributed by atoms with Gasteiger partial charge in [0.25, 0.3) is 0 Å². The Bertz CT molecular complexity index is 822. The second-order valence-electron chi connectivity index (χ2n) is 10.5. The van der Waals surface area contributed by atoms with Crippen LogP contribution >= 0.6 is 0 Å². The van der Waals surface area contributed by atoms with Crippen molar-refractivity contribution in [2.24, 2.45) is 0 Å². The molecule has 0 aromatic heterocycles. The summed E-state index contributed by atoms with van der Waals surface area (Å²) in [5, 5.41) is 15.9. The fourth-order valence-electron chi connectivity index (χ4n) is 3.10. The first-order valence-corrected chi connectivity index (χ1v) is 10.9. The highest BCUT2D eigenvalue weighted by atomic mass is 16.6. The number of aromatic hydroxyl groups is 1. The van der Waals surface area contributed by atoms with Gasteiger partial charge < -0.3 is 25.4 Å². The topological polar surface area (TPSA) is 108 Å². The number of phenols is 1. The van der Waals surface area contributed by atoms with Crippen molar-refractivity contribution in [1.82, 2.24) is 15.5 Å². The summed E-state index contributed by atoms with van der Waals surface area (Å²) < 4.78 is 5.22. The maximum absolute atomic E-state index is 13.4. The number of benzene rings is 1. The molecule has 8 heteroatoms. The first-order chi connectivity index (χ1) is 14.5. The van der Waals surface area contributed by atoms with Gasteiger partial charge in [0.1, 0.15) is 23.9 Å². The second kappa shape index (κ2) is 10.2. The lowest BCUT2D eigenvalue weighted by molar-refractivity contribution is -0.147. The molecule has 1 unspecified atom stereocenters. The number of amides is 3. The van der Waals surface area contributed by atoms with Crippen molar-refractivity contribution in [3.8, 4) is 5.75 Å². The number of phenolic OH excluding ortho intramolecular Hbond substituents is 1. The molecule has 32 heavy (non-hydrogen) atoms. The van der Waals surface area contributed by atoms with Crippen LogP contribution in [0.25, 0.3) is 0 Å². The van der Waals surface area contributed by atoms with E-state index < -0.39 is 40.6 Å². The van der Waals surface area contributed by atoms with Gasteiger partial charge in [-0.05, 0) is 67.9 Å². The van der Waals surface area contributed by atoms with Crippen LogP contribution in [0.2, 0.25) is 0 Å². The van der Waals surface area contributed by atoms with Gasteiger partial charge in [-0.25, -0.2) is 4.79 Å². The third kappa shape index (κ3) is 8.05. The van der Waals surface area contributed by atoms with E-state index in [0.29, 0.717) is 12.0 Å². The predicted octanol–water partition coefficient (Wildman–Crippen LogP) is 3.89. The van der Waals surface area contributed by atoms with Crippen molar-refractivity contribution in [3.05, 3.63) is 29.8 Å². The standard InChI is InChI=1S/C24H39N3O5/c1-10-24(8,9)27(18(29)15-25-21(31)32-23(5,6)7)19(20(30)26-22(2,3)4)16-13-11-12-14-17(16)28/h11-14,19,28H,10,15H2,1-9H3,(H,25,31)(H,26,30). The van der Waals surface area contributed by atoms with Crippen LogP contribution in [0.15, 0.2) is 24.3 Å². The summed E-state index contributed by atoms with van der Waals surface area (Å²) in [4.78, 5) is 40.4. The molecule has 0 aliphatic carbocycles. The maximum atomic E-state index is 13.4.